The first kappa shape index (κ1) is 22.8. The summed E-state index contributed by atoms with van der Waals surface area (Å²) in [4.78, 5) is 40.1. The second-order valence-corrected chi connectivity index (χ2v) is 8.92. The normalized spacial score (nSPS) is 13.3. The Hall–Kier alpha value is -3.98. The van der Waals surface area contributed by atoms with E-state index in [1.54, 1.807) is 47.4 Å². The quantitative estimate of drug-likeness (QED) is 0.397. The van der Waals surface area contributed by atoms with Crippen LogP contribution >= 0.6 is 11.8 Å². The summed E-state index contributed by atoms with van der Waals surface area (Å²) in [7, 11) is 0. The zero-order valence-corrected chi connectivity index (χ0v) is 19.5. The van der Waals surface area contributed by atoms with Crippen molar-refractivity contribution < 1.29 is 28.6 Å². The molecule has 2 amide bonds. The lowest BCUT2D eigenvalue weighted by molar-refractivity contribution is -0.121. The van der Waals surface area contributed by atoms with Gasteiger partial charge in [0, 0.05) is 28.9 Å². The Morgan fingerprint density at radius 1 is 0.971 bits per heavy atom. The van der Waals surface area contributed by atoms with Crippen LogP contribution < -0.4 is 19.7 Å². The molecule has 2 aliphatic rings. The molecule has 0 atom stereocenters. The van der Waals surface area contributed by atoms with Gasteiger partial charge >= 0.3 is 5.97 Å². The fourth-order valence-corrected chi connectivity index (χ4v) is 4.80. The number of carbonyl (C=O) groups is 3. The van der Waals surface area contributed by atoms with Crippen LogP contribution in [0.4, 0.5) is 11.4 Å². The Labute approximate surface area is 206 Å². The van der Waals surface area contributed by atoms with Gasteiger partial charge in [-0.25, -0.2) is 4.79 Å². The van der Waals surface area contributed by atoms with Crippen molar-refractivity contribution in [2.24, 2.45) is 0 Å². The van der Waals surface area contributed by atoms with E-state index >= 15 is 0 Å². The summed E-state index contributed by atoms with van der Waals surface area (Å²) in [5, 5.41) is 2.81. The van der Waals surface area contributed by atoms with Gasteiger partial charge in [-0.15, -0.1) is 11.8 Å². The summed E-state index contributed by atoms with van der Waals surface area (Å²) < 4.78 is 15.9. The van der Waals surface area contributed by atoms with Crippen LogP contribution in [0, 0.1) is 0 Å². The molecule has 0 saturated heterocycles. The smallest absolute Gasteiger partial charge is 0.339 e. The number of benzene rings is 3. The van der Waals surface area contributed by atoms with E-state index in [1.165, 1.54) is 11.8 Å². The average molecular weight is 491 g/mol. The molecule has 3 aromatic carbocycles. The molecule has 0 spiro atoms. The number of hydrogen-bond donors (Lipinski definition) is 1. The van der Waals surface area contributed by atoms with Gasteiger partial charge in [-0.1, -0.05) is 30.3 Å². The van der Waals surface area contributed by atoms with Crippen LogP contribution in [0.25, 0.3) is 0 Å². The minimum Gasteiger partial charge on any atom is -0.454 e. The van der Waals surface area contributed by atoms with E-state index in [4.69, 9.17) is 14.2 Å². The Morgan fingerprint density at radius 3 is 2.69 bits per heavy atom. The molecule has 0 saturated carbocycles. The molecule has 2 heterocycles. The molecule has 0 bridgehead atoms. The third kappa shape index (κ3) is 5.09. The second kappa shape index (κ2) is 10.1. The number of hydrogen-bond acceptors (Lipinski definition) is 7. The second-order valence-electron chi connectivity index (χ2n) is 7.90. The zero-order chi connectivity index (χ0) is 24.2. The molecule has 2 aliphatic heterocycles. The molecule has 0 radical (unpaired) electrons. The lowest BCUT2D eigenvalue weighted by atomic mass is 10.2. The number of para-hydroxylation sites is 1. The summed E-state index contributed by atoms with van der Waals surface area (Å²) >= 11 is 1.21. The number of ether oxygens (including phenoxy) is 3. The fraction of sp³-hybridized carbons (Fsp3) is 0.192. The Balaban J connectivity index is 1.16. The molecule has 0 fully saturated rings. The van der Waals surface area contributed by atoms with Crippen molar-refractivity contribution in [3.8, 4) is 11.5 Å². The lowest BCUT2D eigenvalue weighted by Gasteiger charge is -2.17. The maximum atomic E-state index is 12.7. The highest BCUT2D eigenvalue weighted by Crippen LogP contribution is 2.34. The number of fused-ring (bicyclic) bond motifs is 2. The van der Waals surface area contributed by atoms with Gasteiger partial charge in [0.05, 0.1) is 11.3 Å². The van der Waals surface area contributed by atoms with E-state index in [0.717, 1.165) is 17.7 Å². The molecule has 8 nitrogen and oxygen atoms in total. The van der Waals surface area contributed by atoms with Gasteiger partial charge in [-0.05, 0) is 42.3 Å². The van der Waals surface area contributed by atoms with Gasteiger partial charge in [0.25, 0.3) is 5.91 Å². The predicted octanol–water partition coefficient (Wildman–Crippen LogP) is 3.89. The van der Waals surface area contributed by atoms with Crippen molar-refractivity contribution in [2.75, 3.05) is 35.9 Å². The molecule has 1 N–H and O–H groups in total. The Kier molecular flexibility index (Phi) is 6.58. The molecular weight excluding hydrogens is 468 g/mol. The molecule has 0 aromatic heterocycles. The van der Waals surface area contributed by atoms with Crippen LogP contribution in [-0.4, -0.2) is 43.5 Å². The van der Waals surface area contributed by atoms with Gasteiger partial charge < -0.3 is 24.4 Å². The standard InChI is InChI=1S/C26H22N2O6S/c29-24(27-18-9-10-21-22(13-18)34-16-33-21)15-35-23-8-4-2-6-19(23)26(31)32-14-25(30)28-12-11-17-5-1-3-7-20(17)28/h1-10,13H,11-12,14-16H2,(H,27,29). The maximum absolute atomic E-state index is 12.7. The van der Waals surface area contributed by atoms with E-state index < -0.39 is 5.97 Å². The van der Waals surface area contributed by atoms with Crippen molar-refractivity contribution in [3.63, 3.8) is 0 Å². The van der Waals surface area contributed by atoms with E-state index in [-0.39, 0.29) is 31.0 Å². The van der Waals surface area contributed by atoms with Gasteiger partial charge in [0.2, 0.25) is 12.7 Å². The van der Waals surface area contributed by atoms with E-state index in [2.05, 4.69) is 5.32 Å². The average Bonchev–Trinajstić information content (AvgIpc) is 3.53. The summed E-state index contributed by atoms with van der Waals surface area (Å²) in [6.45, 7) is 0.379. The minimum atomic E-state index is -0.606. The van der Waals surface area contributed by atoms with Crippen LogP contribution in [-0.2, 0) is 20.7 Å². The van der Waals surface area contributed by atoms with E-state index in [1.807, 2.05) is 24.3 Å². The first-order valence-corrected chi connectivity index (χ1v) is 12.0. The van der Waals surface area contributed by atoms with Crippen LogP contribution in [0.2, 0.25) is 0 Å². The number of carbonyl (C=O) groups excluding carboxylic acids is 3. The molecule has 9 heteroatoms. The Morgan fingerprint density at radius 2 is 1.77 bits per heavy atom. The first-order chi connectivity index (χ1) is 17.1. The van der Waals surface area contributed by atoms with Crippen LogP contribution in [0.3, 0.4) is 0 Å². The summed E-state index contributed by atoms with van der Waals surface area (Å²) in [6, 6.07) is 19.7. The molecular formula is C26H22N2O6S. The number of nitrogens with zero attached hydrogens (tertiary/aromatic N) is 1. The number of nitrogens with one attached hydrogen (secondary N) is 1. The fourth-order valence-electron chi connectivity index (χ4n) is 3.96. The molecule has 35 heavy (non-hydrogen) atoms. The van der Waals surface area contributed by atoms with Crippen molar-refractivity contribution in [1.82, 2.24) is 0 Å². The largest absolute Gasteiger partial charge is 0.454 e. The monoisotopic (exact) mass is 490 g/mol. The first-order valence-electron chi connectivity index (χ1n) is 11.1. The van der Waals surface area contributed by atoms with Gasteiger partial charge in [0.15, 0.2) is 18.1 Å². The van der Waals surface area contributed by atoms with Crippen molar-refractivity contribution in [1.29, 1.82) is 0 Å². The van der Waals surface area contributed by atoms with E-state index in [9.17, 15) is 14.4 Å². The maximum Gasteiger partial charge on any atom is 0.339 e. The highest BCUT2D eigenvalue weighted by Gasteiger charge is 2.25. The third-order valence-corrected chi connectivity index (χ3v) is 6.71. The van der Waals surface area contributed by atoms with Crippen molar-refractivity contribution >= 4 is 40.9 Å². The zero-order valence-electron chi connectivity index (χ0n) is 18.7. The third-order valence-electron chi connectivity index (χ3n) is 5.64. The lowest BCUT2D eigenvalue weighted by Crippen LogP contribution is -2.33. The number of anilines is 2. The summed E-state index contributed by atoms with van der Waals surface area (Å²) in [5.74, 6) is 0.191. The topological polar surface area (TPSA) is 94.2 Å². The number of rotatable bonds is 7. The van der Waals surface area contributed by atoms with Gasteiger partial charge in [0.1, 0.15) is 0 Å². The summed E-state index contributed by atoms with van der Waals surface area (Å²) in [5.41, 5.74) is 2.86. The van der Waals surface area contributed by atoms with Crippen molar-refractivity contribution in [2.45, 2.75) is 11.3 Å². The van der Waals surface area contributed by atoms with Gasteiger partial charge in [-0.2, -0.15) is 0 Å². The summed E-state index contributed by atoms with van der Waals surface area (Å²) in [6.07, 6.45) is 0.781. The minimum absolute atomic E-state index is 0.0855. The van der Waals surface area contributed by atoms with Crippen molar-refractivity contribution in [3.05, 3.63) is 77.9 Å². The number of thioether (sulfide) groups is 1. The van der Waals surface area contributed by atoms with Crippen LogP contribution in [0.1, 0.15) is 15.9 Å². The molecule has 0 aliphatic carbocycles. The predicted molar refractivity (Wildman–Crippen MR) is 131 cm³/mol. The Bertz CT molecular complexity index is 1290. The SMILES string of the molecule is O=C(CSc1ccccc1C(=O)OCC(=O)N1CCc2ccccc21)Nc1ccc2c(c1)OCO2. The number of amides is 2. The molecule has 3 aromatic rings. The molecule has 5 rings (SSSR count). The van der Waals surface area contributed by atoms with E-state index in [0.29, 0.717) is 34.2 Å². The number of esters is 1. The van der Waals surface area contributed by atoms with Crippen LogP contribution in [0.5, 0.6) is 11.5 Å². The molecule has 178 valence electrons. The van der Waals surface area contributed by atoms with Crippen LogP contribution in [0.15, 0.2) is 71.6 Å². The highest BCUT2D eigenvalue weighted by atomic mass is 32.2. The highest BCUT2D eigenvalue weighted by molar-refractivity contribution is 8.00. The van der Waals surface area contributed by atoms with Gasteiger partial charge in [-0.3, -0.25) is 9.59 Å². The molecule has 0 unspecified atom stereocenters.